The van der Waals surface area contributed by atoms with Gasteiger partial charge in [-0.25, -0.2) is 9.97 Å². The molecule has 14 rings (SSSR count). The molecule has 0 saturated heterocycles. The molecule has 0 aliphatic carbocycles. The van der Waals surface area contributed by atoms with Gasteiger partial charge in [0.1, 0.15) is 5.69 Å². The highest BCUT2D eigenvalue weighted by atomic mass is 15.1. The zero-order chi connectivity index (χ0) is 40.5. The van der Waals surface area contributed by atoms with Crippen LogP contribution in [0.1, 0.15) is 0 Å². The van der Waals surface area contributed by atoms with E-state index in [-0.39, 0.29) is 0 Å². The van der Waals surface area contributed by atoms with Crippen molar-refractivity contribution in [3.63, 3.8) is 0 Å². The highest BCUT2D eigenvalue weighted by molar-refractivity contribution is 6.38. The summed E-state index contributed by atoms with van der Waals surface area (Å²) in [5, 5.41) is 16.9. The van der Waals surface area contributed by atoms with E-state index in [1.54, 1.807) is 0 Å². The summed E-state index contributed by atoms with van der Waals surface area (Å²) in [7, 11) is 0. The Balaban J connectivity index is 1.21. The second-order valence-electron chi connectivity index (χ2n) is 16.4. The van der Waals surface area contributed by atoms with Crippen molar-refractivity contribution in [3.8, 4) is 22.8 Å². The molecule has 0 spiro atoms. The van der Waals surface area contributed by atoms with Crippen LogP contribution >= 0.6 is 0 Å². The Bertz CT molecular complexity index is 4180. The minimum atomic E-state index is 0.803. The fraction of sp³-hybridized carbons (Fsp3) is 0. The van der Waals surface area contributed by atoms with Crippen molar-refractivity contribution in [1.29, 1.82) is 0 Å². The second kappa shape index (κ2) is 12.6. The molecule has 3 aromatic heterocycles. The standard InChI is InChI=1S/C58H34N4/c1-2-17-37(18-3-1)61-48-27-13-12-25-45(48)52-46(26-14-28-49(52)61)57-58(60-56-39-20-7-5-16-36(39)29-32-47(56)59-57)62-50-33-30-35-15-4-6-19-38(35)54(50)55-51(62)34-31-44-42-23-9-8-21-40(42)41-22-10-11-24-43(41)53(44)55/h1-34H. The summed E-state index contributed by atoms with van der Waals surface area (Å²) >= 11 is 0. The maximum Gasteiger partial charge on any atom is 0.165 e. The second-order valence-corrected chi connectivity index (χ2v) is 16.4. The fourth-order valence-electron chi connectivity index (χ4n) is 10.7. The van der Waals surface area contributed by atoms with E-state index in [1.165, 1.54) is 59.2 Å². The van der Waals surface area contributed by atoms with E-state index in [9.17, 15) is 0 Å². The maximum absolute atomic E-state index is 5.84. The highest BCUT2D eigenvalue weighted by Gasteiger charge is 2.26. The summed E-state index contributed by atoms with van der Waals surface area (Å²) in [6.45, 7) is 0. The van der Waals surface area contributed by atoms with Crippen molar-refractivity contribution in [2.75, 3.05) is 0 Å². The first kappa shape index (κ1) is 33.5. The lowest BCUT2D eigenvalue weighted by Crippen LogP contribution is -2.04. The van der Waals surface area contributed by atoms with Gasteiger partial charge in [0.05, 0.1) is 33.1 Å². The molecule has 0 aliphatic rings. The number of hydrogen-bond acceptors (Lipinski definition) is 2. The predicted molar refractivity (Wildman–Crippen MR) is 261 cm³/mol. The summed E-state index contributed by atoms with van der Waals surface area (Å²) in [6, 6.07) is 74.7. The van der Waals surface area contributed by atoms with E-state index in [0.717, 1.165) is 72.0 Å². The van der Waals surface area contributed by atoms with Gasteiger partial charge in [0, 0.05) is 43.6 Å². The molecule has 0 saturated carbocycles. The van der Waals surface area contributed by atoms with Crippen molar-refractivity contribution in [1.82, 2.24) is 19.1 Å². The summed E-state index contributed by atoms with van der Waals surface area (Å²) in [5.41, 5.74) is 9.21. The molecule has 0 amide bonds. The first-order valence-electron chi connectivity index (χ1n) is 21.3. The van der Waals surface area contributed by atoms with Crippen molar-refractivity contribution < 1.29 is 0 Å². The van der Waals surface area contributed by atoms with Gasteiger partial charge in [-0.1, -0.05) is 164 Å². The molecular weight excluding hydrogens is 753 g/mol. The number of para-hydroxylation sites is 2. The Morgan fingerprint density at radius 3 is 1.63 bits per heavy atom. The maximum atomic E-state index is 5.84. The Morgan fingerprint density at radius 2 is 0.839 bits per heavy atom. The molecule has 0 radical (unpaired) electrons. The molecule has 0 atom stereocenters. The molecule has 0 aliphatic heterocycles. The molecule has 11 aromatic carbocycles. The van der Waals surface area contributed by atoms with Gasteiger partial charge in [0.2, 0.25) is 0 Å². The van der Waals surface area contributed by atoms with E-state index in [4.69, 9.17) is 9.97 Å². The SMILES string of the molecule is c1ccc(-n2c3ccccc3c3c(-c4nc5ccc6ccccc6c5nc4-n4c5ccc6ccccc6c5c5c6c7ccccc7c7ccccc7c6ccc54)cccc32)cc1. The normalized spacial score (nSPS) is 12.2. The van der Waals surface area contributed by atoms with Crippen LogP contribution in [0.2, 0.25) is 0 Å². The van der Waals surface area contributed by atoms with Crippen LogP contribution in [0.4, 0.5) is 0 Å². The van der Waals surface area contributed by atoms with Crippen LogP contribution in [0.3, 0.4) is 0 Å². The van der Waals surface area contributed by atoms with Crippen LogP contribution in [0, 0.1) is 0 Å². The Hall–Kier alpha value is -8.34. The number of aromatic nitrogens is 4. The molecule has 0 fully saturated rings. The molecule has 0 unspecified atom stereocenters. The van der Waals surface area contributed by atoms with Crippen molar-refractivity contribution >= 4 is 109 Å². The lowest BCUT2D eigenvalue weighted by Gasteiger charge is -2.16. The molecule has 0 bridgehead atoms. The molecular formula is C58H34N4. The van der Waals surface area contributed by atoms with Crippen LogP contribution in [0.15, 0.2) is 206 Å². The molecule has 0 N–H and O–H groups in total. The van der Waals surface area contributed by atoms with Crippen molar-refractivity contribution in [3.05, 3.63) is 206 Å². The van der Waals surface area contributed by atoms with Gasteiger partial charge in [-0.3, -0.25) is 4.57 Å². The number of fused-ring (bicyclic) bond motifs is 18. The van der Waals surface area contributed by atoms with Gasteiger partial charge >= 0.3 is 0 Å². The number of benzene rings is 11. The molecule has 4 nitrogen and oxygen atoms in total. The van der Waals surface area contributed by atoms with Crippen LogP contribution in [0.5, 0.6) is 0 Å². The molecule has 3 heterocycles. The Labute approximate surface area is 355 Å². The van der Waals surface area contributed by atoms with E-state index < -0.39 is 0 Å². The Morgan fingerprint density at radius 1 is 0.290 bits per heavy atom. The van der Waals surface area contributed by atoms with Crippen molar-refractivity contribution in [2.45, 2.75) is 0 Å². The fourth-order valence-corrected chi connectivity index (χ4v) is 10.7. The lowest BCUT2D eigenvalue weighted by atomic mass is 9.91. The van der Waals surface area contributed by atoms with Crippen molar-refractivity contribution in [2.24, 2.45) is 0 Å². The van der Waals surface area contributed by atoms with Crippen LogP contribution in [-0.2, 0) is 0 Å². The lowest BCUT2D eigenvalue weighted by molar-refractivity contribution is 1.08. The molecule has 14 aromatic rings. The highest BCUT2D eigenvalue weighted by Crippen LogP contribution is 2.47. The number of rotatable bonds is 3. The third-order valence-corrected chi connectivity index (χ3v) is 13.2. The third kappa shape index (κ3) is 4.50. The van der Waals surface area contributed by atoms with E-state index >= 15 is 0 Å². The quantitative estimate of drug-likeness (QED) is 0.167. The van der Waals surface area contributed by atoms with Gasteiger partial charge in [-0.2, -0.15) is 0 Å². The average Bonchev–Trinajstić information content (AvgIpc) is 3.87. The van der Waals surface area contributed by atoms with Crippen LogP contribution in [0.25, 0.3) is 131 Å². The minimum absolute atomic E-state index is 0.803. The smallest absolute Gasteiger partial charge is 0.165 e. The predicted octanol–water partition coefficient (Wildman–Crippen LogP) is 15.3. The summed E-state index contributed by atoms with van der Waals surface area (Å²) in [6.07, 6.45) is 0. The van der Waals surface area contributed by atoms with Gasteiger partial charge in [0.25, 0.3) is 0 Å². The summed E-state index contributed by atoms with van der Waals surface area (Å²) in [5.74, 6) is 0.803. The zero-order valence-electron chi connectivity index (χ0n) is 33.4. The van der Waals surface area contributed by atoms with E-state index in [2.05, 4.69) is 215 Å². The third-order valence-electron chi connectivity index (χ3n) is 13.2. The largest absolute Gasteiger partial charge is 0.309 e. The van der Waals surface area contributed by atoms with E-state index in [1.807, 2.05) is 0 Å². The molecule has 286 valence electrons. The van der Waals surface area contributed by atoms with Crippen LogP contribution in [-0.4, -0.2) is 19.1 Å². The number of nitrogens with zero attached hydrogens (tertiary/aromatic N) is 4. The topological polar surface area (TPSA) is 35.6 Å². The molecule has 62 heavy (non-hydrogen) atoms. The Kier molecular flexibility index (Phi) is 6.80. The zero-order valence-corrected chi connectivity index (χ0v) is 33.4. The van der Waals surface area contributed by atoms with Gasteiger partial charge in [-0.15, -0.1) is 0 Å². The van der Waals surface area contributed by atoms with Gasteiger partial charge in [0.15, 0.2) is 5.82 Å². The first-order valence-corrected chi connectivity index (χ1v) is 21.3. The number of hydrogen-bond donors (Lipinski definition) is 0. The minimum Gasteiger partial charge on any atom is -0.309 e. The molecule has 4 heteroatoms. The van der Waals surface area contributed by atoms with Gasteiger partial charge in [-0.05, 0) is 85.6 Å². The van der Waals surface area contributed by atoms with E-state index in [0.29, 0.717) is 0 Å². The first-order chi connectivity index (χ1) is 30.8. The summed E-state index contributed by atoms with van der Waals surface area (Å²) < 4.78 is 4.79. The monoisotopic (exact) mass is 786 g/mol. The average molecular weight is 787 g/mol. The van der Waals surface area contributed by atoms with Gasteiger partial charge < -0.3 is 4.57 Å². The van der Waals surface area contributed by atoms with Crippen LogP contribution < -0.4 is 0 Å². The summed E-state index contributed by atoms with van der Waals surface area (Å²) in [4.78, 5) is 11.6.